The molecule has 0 saturated carbocycles. The van der Waals surface area contributed by atoms with Gasteiger partial charge >= 0.3 is 0 Å². The number of aromatic nitrogens is 5. The smallest absolute Gasteiger partial charge is 0.228 e. The lowest BCUT2D eigenvalue weighted by Gasteiger charge is -2.27. The van der Waals surface area contributed by atoms with Crippen LogP contribution in [0.3, 0.4) is 0 Å². The number of rotatable bonds is 5. The van der Waals surface area contributed by atoms with Crippen molar-refractivity contribution in [3.63, 3.8) is 0 Å². The summed E-state index contributed by atoms with van der Waals surface area (Å²) in [5.41, 5.74) is 3.12. The summed E-state index contributed by atoms with van der Waals surface area (Å²) in [4.78, 5) is 15.8. The van der Waals surface area contributed by atoms with E-state index in [1.165, 1.54) is 5.69 Å². The van der Waals surface area contributed by atoms with Crippen LogP contribution in [-0.4, -0.2) is 48.2 Å². The molecule has 27 heavy (non-hydrogen) atoms. The summed E-state index contributed by atoms with van der Waals surface area (Å²) in [6, 6.07) is 4.00. The number of carbonyl (C=O) groups is 1. The number of carbonyl (C=O) groups excluding carboxylic acids is 1. The van der Waals surface area contributed by atoms with Crippen LogP contribution < -0.4 is 0 Å². The van der Waals surface area contributed by atoms with E-state index in [-0.39, 0.29) is 5.91 Å². The fraction of sp³-hybridized carbons (Fsp3) is 0.444. The number of hydrogen-bond donors (Lipinski definition) is 0. The van der Waals surface area contributed by atoms with Gasteiger partial charge in [0.25, 0.3) is 0 Å². The molecule has 0 fully saturated rings. The van der Waals surface area contributed by atoms with Gasteiger partial charge in [-0.25, -0.2) is 0 Å². The molecular weight excluding hydrogens is 380 g/mol. The molecule has 0 saturated heterocycles. The molecule has 3 aromatic rings. The Morgan fingerprint density at radius 1 is 1.37 bits per heavy atom. The predicted molar refractivity (Wildman–Crippen MR) is 107 cm³/mol. The minimum atomic E-state index is 0.166. The third kappa shape index (κ3) is 3.29. The third-order valence-corrected chi connectivity index (χ3v) is 6.47. The van der Waals surface area contributed by atoms with Gasteiger partial charge in [0, 0.05) is 49.2 Å². The molecule has 7 nitrogen and oxygen atoms in total. The van der Waals surface area contributed by atoms with E-state index in [1.807, 2.05) is 40.4 Å². The first kappa shape index (κ1) is 18.2. The van der Waals surface area contributed by atoms with Gasteiger partial charge in [-0.2, -0.15) is 5.10 Å². The van der Waals surface area contributed by atoms with Crippen molar-refractivity contribution in [2.75, 3.05) is 12.8 Å². The highest BCUT2D eigenvalue weighted by Crippen LogP contribution is 2.30. The normalized spacial score (nSPS) is 13.8. The van der Waals surface area contributed by atoms with Crippen molar-refractivity contribution < 1.29 is 4.79 Å². The van der Waals surface area contributed by atoms with Crippen molar-refractivity contribution in [2.45, 2.75) is 38.0 Å². The highest BCUT2D eigenvalue weighted by Gasteiger charge is 2.29. The Hall–Kier alpha value is -2.13. The van der Waals surface area contributed by atoms with Gasteiger partial charge in [-0.05, 0) is 24.6 Å². The van der Waals surface area contributed by atoms with Gasteiger partial charge in [0.1, 0.15) is 5.69 Å². The summed E-state index contributed by atoms with van der Waals surface area (Å²) in [6.07, 6.45) is 3.27. The van der Waals surface area contributed by atoms with E-state index < -0.39 is 0 Å². The van der Waals surface area contributed by atoms with Gasteiger partial charge in [-0.15, -0.1) is 21.5 Å². The minimum Gasteiger partial charge on any atom is -0.338 e. The first-order chi connectivity index (χ1) is 13.1. The Morgan fingerprint density at radius 3 is 2.93 bits per heavy atom. The number of fused-ring (bicyclic) bond motifs is 1. The Labute approximate surface area is 166 Å². The molecule has 1 amide bonds. The lowest BCUT2D eigenvalue weighted by molar-refractivity contribution is -0.131. The fourth-order valence-corrected chi connectivity index (χ4v) is 4.81. The number of amides is 1. The maximum absolute atomic E-state index is 12.8. The van der Waals surface area contributed by atoms with E-state index in [4.69, 9.17) is 5.10 Å². The van der Waals surface area contributed by atoms with Crippen LogP contribution in [0.2, 0.25) is 0 Å². The first-order valence-electron chi connectivity index (χ1n) is 8.94. The second kappa shape index (κ2) is 7.47. The average Bonchev–Trinajstić information content (AvgIpc) is 3.40. The van der Waals surface area contributed by atoms with Gasteiger partial charge in [0.2, 0.25) is 5.91 Å². The molecule has 3 aromatic heterocycles. The van der Waals surface area contributed by atoms with Gasteiger partial charge in [0.15, 0.2) is 11.0 Å². The van der Waals surface area contributed by atoms with Crippen LogP contribution in [0.1, 0.15) is 23.1 Å². The second-order valence-corrected chi connectivity index (χ2v) is 8.28. The fourth-order valence-electron chi connectivity index (χ4n) is 3.56. The monoisotopic (exact) mass is 402 g/mol. The number of aryl methyl sites for hydroxylation is 1. The molecule has 0 aliphatic carbocycles. The second-order valence-electron chi connectivity index (χ2n) is 6.47. The van der Waals surface area contributed by atoms with E-state index in [1.54, 1.807) is 23.1 Å². The van der Waals surface area contributed by atoms with Crippen LogP contribution in [0.5, 0.6) is 0 Å². The molecule has 9 heteroatoms. The van der Waals surface area contributed by atoms with E-state index >= 15 is 0 Å². The maximum atomic E-state index is 12.8. The van der Waals surface area contributed by atoms with E-state index in [0.717, 1.165) is 46.6 Å². The average molecular weight is 403 g/mol. The van der Waals surface area contributed by atoms with Crippen LogP contribution in [0.4, 0.5) is 0 Å². The summed E-state index contributed by atoms with van der Waals surface area (Å²) in [6.45, 7) is 4.17. The number of hydrogen-bond acceptors (Lipinski definition) is 6. The number of thioether (sulfide) groups is 1. The molecule has 0 atom stereocenters. The highest BCUT2D eigenvalue weighted by atomic mass is 32.2. The van der Waals surface area contributed by atoms with Crippen LogP contribution in [0.15, 0.2) is 22.7 Å². The van der Waals surface area contributed by atoms with E-state index in [9.17, 15) is 4.79 Å². The molecule has 4 heterocycles. The Kier molecular flexibility index (Phi) is 5.05. The molecule has 0 N–H and O–H groups in total. The van der Waals surface area contributed by atoms with E-state index in [0.29, 0.717) is 13.0 Å². The summed E-state index contributed by atoms with van der Waals surface area (Å²) >= 11 is 3.21. The Bertz CT molecular complexity index is 959. The van der Waals surface area contributed by atoms with E-state index in [2.05, 4.69) is 21.7 Å². The van der Waals surface area contributed by atoms with Gasteiger partial charge in [-0.3, -0.25) is 9.48 Å². The lowest BCUT2D eigenvalue weighted by atomic mass is 10.0. The van der Waals surface area contributed by atoms with Gasteiger partial charge in [0.05, 0.1) is 6.42 Å². The zero-order valence-electron chi connectivity index (χ0n) is 15.7. The van der Waals surface area contributed by atoms with Crippen LogP contribution in [0, 0.1) is 0 Å². The third-order valence-electron chi connectivity index (χ3n) is 4.93. The SMILES string of the molecule is CCn1c(SC)nnc1-c1nn(C)c2c1CN(C(=O)Cc1cccs1)CC2. The Balaban J connectivity index is 1.65. The molecule has 142 valence electrons. The van der Waals surface area contributed by atoms with Crippen molar-refractivity contribution >= 4 is 29.0 Å². The zero-order chi connectivity index (χ0) is 19.0. The van der Waals surface area contributed by atoms with Gasteiger partial charge in [-0.1, -0.05) is 17.8 Å². The molecule has 4 rings (SSSR count). The molecule has 0 spiro atoms. The molecule has 0 unspecified atom stereocenters. The standard InChI is InChI=1S/C18H22N6OS2/c1-4-24-17(19-20-18(24)26-3)16-13-11-23(8-7-14(13)22(2)21-16)15(25)10-12-6-5-9-27-12/h5-6,9H,4,7-8,10-11H2,1-3H3. The molecule has 1 aliphatic rings. The zero-order valence-corrected chi connectivity index (χ0v) is 17.3. The van der Waals surface area contributed by atoms with Crippen molar-refractivity contribution in [3.8, 4) is 11.5 Å². The molecule has 0 bridgehead atoms. The van der Waals surface area contributed by atoms with Crippen molar-refractivity contribution in [2.24, 2.45) is 7.05 Å². The van der Waals surface area contributed by atoms with Crippen molar-refractivity contribution in [3.05, 3.63) is 33.6 Å². The number of nitrogens with zero attached hydrogens (tertiary/aromatic N) is 6. The summed E-state index contributed by atoms with van der Waals surface area (Å²) < 4.78 is 4.01. The predicted octanol–water partition coefficient (Wildman–Crippen LogP) is 2.61. The molecule has 1 aliphatic heterocycles. The topological polar surface area (TPSA) is 68.8 Å². The van der Waals surface area contributed by atoms with Crippen LogP contribution >= 0.6 is 23.1 Å². The summed E-state index contributed by atoms with van der Waals surface area (Å²) in [5.74, 6) is 0.950. The van der Waals surface area contributed by atoms with Crippen LogP contribution in [-0.2, 0) is 37.8 Å². The summed E-state index contributed by atoms with van der Waals surface area (Å²) in [7, 11) is 1.97. The first-order valence-corrected chi connectivity index (χ1v) is 11.0. The largest absolute Gasteiger partial charge is 0.338 e. The molecule has 0 aromatic carbocycles. The lowest BCUT2D eigenvalue weighted by Crippen LogP contribution is -2.37. The maximum Gasteiger partial charge on any atom is 0.228 e. The quantitative estimate of drug-likeness (QED) is 0.614. The highest BCUT2D eigenvalue weighted by molar-refractivity contribution is 7.98. The van der Waals surface area contributed by atoms with Crippen molar-refractivity contribution in [1.82, 2.24) is 29.4 Å². The van der Waals surface area contributed by atoms with Crippen LogP contribution in [0.25, 0.3) is 11.5 Å². The number of thiophene rings is 1. The Morgan fingerprint density at radius 2 is 2.22 bits per heavy atom. The summed E-state index contributed by atoms with van der Waals surface area (Å²) in [5, 5.41) is 16.3. The molecular formula is C18H22N6OS2. The minimum absolute atomic E-state index is 0.166. The molecule has 0 radical (unpaired) electrons. The van der Waals surface area contributed by atoms with Crippen molar-refractivity contribution in [1.29, 1.82) is 0 Å². The van der Waals surface area contributed by atoms with Gasteiger partial charge < -0.3 is 9.47 Å².